The summed E-state index contributed by atoms with van der Waals surface area (Å²) < 4.78 is 4.98. The van der Waals surface area contributed by atoms with Crippen molar-refractivity contribution >= 4 is 17.0 Å². The standard InChI is InChI=1S/C10H14N4O/c1-15-6-2-3-9-12-7-4-5-8(11)13-10(7)14-9/h4-5H,2-3,6H2,1H3,(H3,11,12,13,14). The van der Waals surface area contributed by atoms with Gasteiger partial charge in [0.25, 0.3) is 0 Å². The molecule has 2 rings (SSSR count). The molecule has 2 aromatic heterocycles. The van der Waals surface area contributed by atoms with Gasteiger partial charge in [0.1, 0.15) is 11.6 Å². The number of ether oxygens (including phenoxy) is 1. The lowest BCUT2D eigenvalue weighted by atomic mass is 10.3. The van der Waals surface area contributed by atoms with Crippen molar-refractivity contribution in [2.45, 2.75) is 12.8 Å². The van der Waals surface area contributed by atoms with Crippen molar-refractivity contribution in [2.24, 2.45) is 0 Å². The largest absolute Gasteiger partial charge is 0.385 e. The lowest BCUT2D eigenvalue weighted by molar-refractivity contribution is 0.194. The topological polar surface area (TPSA) is 76.8 Å². The Morgan fingerprint density at radius 3 is 3.07 bits per heavy atom. The summed E-state index contributed by atoms with van der Waals surface area (Å²) in [7, 11) is 1.70. The van der Waals surface area contributed by atoms with E-state index in [4.69, 9.17) is 10.5 Å². The van der Waals surface area contributed by atoms with Gasteiger partial charge in [-0.2, -0.15) is 0 Å². The number of nitrogen functional groups attached to an aromatic ring is 1. The fourth-order valence-electron chi connectivity index (χ4n) is 1.46. The number of H-pyrrole nitrogens is 1. The van der Waals surface area contributed by atoms with E-state index in [-0.39, 0.29) is 0 Å². The maximum Gasteiger partial charge on any atom is 0.179 e. The SMILES string of the molecule is COCCCc1nc2nc(N)ccc2[nH]1. The molecule has 2 heterocycles. The van der Waals surface area contributed by atoms with Gasteiger partial charge >= 0.3 is 0 Å². The Labute approximate surface area is 87.7 Å². The van der Waals surface area contributed by atoms with Gasteiger partial charge in [-0.15, -0.1) is 0 Å². The molecule has 2 aromatic rings. The molecule has 0 unspecified atom stereocenters. The van der Waals surface area contributed by atoms with Crippen LogP contribution in [0.1, 0.15) is 12.2 Å². The Hall–Kier alpha value is -1.62. The third-order valence-corrected chi connectivity index (χ3v) is 2.18. The van der Waals surface area contributed by atoms with E-state index in [2.05, 4.69) is 15.0 Å². The molecule has 0 spiro atoms. The first-order valence-corrected chi connectivity index (χ1v) is 4.89. The molecule has 5 nitrogen and oxygen atoms in total. The van der Waals surface area contributed by atoms with Crippen LogP contribution in [0.15, 0.2) is 12.1 Å². The maximum atomic E-state index is 5.57. The molecule has 3 N–H and O–H groups in total. The van der Waals surface area contributed by atoms with E-state index in [1.165, 1.54) is 0 Å². The second-order valence-corrected chi connectivity index (χ2v) is 3.39. The monoisotopic (exact) mass is 206 g/mol. The number of fused-ring (bicyclic) bond motifs is 1. The number of aryl methyl sites for hydroxylation is 1. The van der Waals surface area contributed by atoms with Gasteiger partial charge in [-0.25, -0.2) is 9.97 Å². The molecule has 0 saturated carbocycles. The zero-order valence-electron chi connectivity index (χ0n) is 8.66. The minimum atomic E-state index is 0.498. The number of aromatic nitrogens is 3. The van der Waals surface area contributed by atoms with Crippen LogP contribution < -0.4 is 5.73 Å². The molecular weight excluding hydrogens is 192 g/mol. The van der Waals surface area contributed by atoms with Gasteiger partial charge in [0.15, 0.2) is 5.65 Å². The summed E-state index contributed by atoms with van der Waals surface area (Å²) >= 11 is 0. The van der Waals surface area contributed by atoms with Crippen LogP contribution in [0.5, 0.6) is 0 Å². The molecule has 0 amide bonds. The van der Waals surface area contributed by atoms with Crippen molar-refractivity contribution in [3.05, 3.63) is 18.0 Å². The van der Waals surface area contributed by atoms with E-state index in [9.17, 15) is 0 Å². The Morgan fingerprint density at radius 1 is 1.40 bits per heavy atom. The number of imidazole rings is 1. The Bertz CT molecular complexity index is 452. The van der Waals surface area contributed by atoms with E-state index in [0.29, 0.717) is 11.5 Å². The zero-order chi connectivity index (χ0) is 10.7. The molecule has 0 aliphatic rings. The Morgan fingerprint density at radius 2 is 2.27 bits per heavy atom. The zero-order valence-corrected chi connectivity index (χ0v) is 8.66. The van der Waals surface area contributed by atoms with Gasteiger partial charge in [0.2, 0.25) is 0 Å². The number of rotatable bonds is 4. The Balaban J connectivity index is 2.16. The van der Waals surface area contributed by atoms with Crippen LogP contribution >= 0.6 is 0 Å². The minimum absolute atomic E-state index is 0.498. The summed E-state index contributed by atoms with van der Waals surface area (Å²) in [5.74, 6) is 1.43. The number of hydrogen-bond donors (Lipinski definition) is 2. The highest BCUT2D eigenvalue weighted by Gasteiger charge is 2.03. The minimum Gasteiger partial charge on any atom is -0.385 e. The number of nitrogens with two attached hydrogens (primary N) is 1. The van der Waals surface area contributed by atoms with E-state index >= 15 is 0 Å². The molecule has 80 valence electrons. The first kappa shape index (κ1) is 9.92. The first-order valence-electron chi connectivity index (χ1n) is 4.89. The van der Waals surface area contributed by atoms with Gasteiger partial charge in [-0.1, -0.05) is 0 Å². The average Bonchev–Trinajstić information content (AvgIpc) is 2.60. The van der Waals surface area contributed by atoms with Crippen LogP contribution in [0.4, 0.5) is 5.82 Å². The fraction of sp³-hybridized carbons (Fsp3) is 0.400. The second kappa shape index (κ2) is 4.27. The predicted molar refractivity (Wildman–Crippen MR) is 58.5 cm³/mol. The maximum absolute atomic E-state index is 5.57. The number of nitrogens with zero attached hydrogens (tertiary/aromatic N) is 2. The van der Waals surface area contributed by atoms with Crippen molar-refractivity contribution in [1.29, 1.82) is 0 Å². The summed E-state index contributed by atoms with van der Waals surface area (Å²) in [6.07, 6.45) is 1.82. The van der Waals surface area contributed by atoms with Crippen molar-refractivity contribution in [3.63, 3.8) is 0 Å². The average molecular weight is 206 g/mol. The normalized spacial score (nSPS) is 11.0. The molecule has 15 heavy (non-hydrogen) atoms. The molecule has 0 aromatic carbocycles. The van der Waals surface area contributed by atoms with Crippen LogP contribution in [-0.2, 0) is 11.2 Å². The van der Waals surface area contributed by atoms with Gasteiger partial charge in [0, 0.05) is 20.1 Å². The van der Waals surface area contributed by atoms with Crippen LogP contribution in [0.3, 0.4) is 0 Å². The van der Waals surface area contributed by atoms with Crippen molar-refractivity contribution in [2.75, 3.05) is 19.5 Å². The second-order valence-electron chi connectivity index (χ2n) is 3.39. The summed E-state index contributed by atoms with van der Waals surface area (Å²) in [5, 5.41) is 0. The number of hydrogen-bond acceptors (Lipinski definition) is 4. The fourth-order valence-corrected chi connectivity index (χ4v) is 1.46. The quantitative estimate of drug-likeness (QED) is 0.735. The highest BCUT2D eigenvalue weighted by Crippen LogP contribution is 2.11. The van der Waals surface area contributed by atoms with Gasteiger partial charge in [-0.05, 0) is 18.6 Å². The van der Waals surface area contributed by atoms with Crippen LogP contribution in [0.25, 0.3) is 11.2 Å². The first-order chi connectivity index (χ1) is 7.29. The number of pyridine rings is 1. The van der Waals surface area contributed by atoms with E-state index in [1.54, 1.807) is 13.2 Å². The molecule has 0 bridgehead atoms. The number of aromatic amines is 1. The van der Waals surface area contributed by atoms with Crippen molar-refractivity contribution in [3.8, 4) is 0 Å². The van der Waals surface area contributed by atoms with Crippen molar-refractivity contribution in [1.82, 2.24) is 15.0 Å². The number of methoxy groups -OCH3 is 1. The molecule has 0 aliphatic heterocycles. The van der Waals surface area contributed by atoms with E-state index in [0.717, 1.165) is 30.8 Å². The molecule has 0 radical (unpaired) electrons. The molecular formula is C10H14N4O. The Kier molecular flexibility index (Phi) is 2.82. The summed E-state index contributed by atoms with van der Waals surface area (Å²) in [6.45, 7) is 0.743. The van der Waals surface area contributed by atoms with Gasteiger partial charge in [-0.3, -0.25) is 0 Å². The molecule has 0 atom stereocenters. The number of nitrogens with one attached hydrogen (secondary N) is 1. The van der Waals surface area contributed by atoms with E-state index in [1.807, 2.05) is 6.07 Å². The van der Waals surface area contributed by atoms with Gasteiger partial charge < -0.3 is 15.5 Å². The molecule has 5 heteroatoms. The van der Waals surface area contributed by atoms with Gasteiger partial charge in [0.05, 0.1) is 5.52 Å². The highest BCUT2D eigenvalue weighted by molar-refractivity contribution is 5.72. The summed E-state index contributed by atoms with van der Waals surface area (Å²) in [4.78, 5) is 11.7. The summed E-state index contributed by atoms with van der Waals surface area (Å²) in [5.41, 5.74) is 7.18. The van der Waals surface area contributed by atoms with Crippen LogP contribution in [0, 0.1) is 0 Å². The lowest BCUT2D eigenvalue weighted by Gasteiger charge is -1.94. The van der Waals surface area contributed by atoms with Crippen LogP contribution in [0.2, 0.25) is 0 Å². The van der Waals surface area contributed by atoms with Crippen molar-refractivity contribution < 1.29 is 4.74 Å². The predicted octanol–water partition coefficient (Wildman–Crippen LogP) is 1.12. The van der Waals surface area contributed by atoms with E-state index < -0.39 is 0 Å². The smallest absolute Gasteiger partial charge is 0.179 e. The molecule has 0 aliphatic carbocycles. The summed E-state index contributed by atoms with van der Waals surface area (Å²) in [6, 6.07) is 3.66. The lowest BCUT2D eigenvalue weighted by Crippen LogP contribution is -1.94. The molecule has 0 saturated heterocycles. The number of anilines is 1. The highest BCUT2D eigenvalue weighted by atomic mass is 16.5. The third-order valence-electron chi connectivity index (χ3n) is 2.18. The third kappa shape index (κ3) is 2.24. The van der Waals surface area contributed by atoms with Crippen LogP contribution in [-0.4, -0.2) is 28.7 Å². The molecule has 0 fully saturated rings.